The summed E-state index contributed by atoms with van der Waals surface area (Å²) in [5.74, 6) is -1.07. The molecule has 0 unspecified atom stereocenters. The van der Waals surface area contributed by atoms with E-state index >= 15 is 0 Å². The molecule has 1 heterocycles. The van der Waals surface area contributed by atoms with Crippen molar-refractivity contribution in [3.05, 3.63) is 52.1 Å². The molecule has 0 spiro atoms. The summed E-state index contributed by atoms with van der Waals surface area (Å²) in [5.41, 5.74) is 0.768. The number of hydrogen-bond acceptors (Lipinski definition) is 3. The minimum absolute atomic E-state index is 0.112. The molecule has 0 aliphatic rings. The average molecular weight is 314 g/mol. The highest BCUT2D eigenvalue weighted by Gasteiger charge is 2.13. The second-order valence-corrected chi connectivity index (χ2v) is 4.39. The van der Waals surface area contributed by atoms with Gasteiger partial charge < -0.3 is 14.8 Å². The smallest absolute Gasteiger partial charge is 0.339 e. The van der Waals surface area contributed by atoms with E-state index < -0.39 is 5.97 Å². The molecule has 2 rings (SSSR count). The molecule has 0 saturated heterocycles. The molecule has 0 aliphatic carbocycles. The third-order valence-electron chi connectivity index (χ3n) is 2.35. The minimum atomic E-state index is -1.04. The highest BCUT2D eigenvalue weighted by Crippen LogP contribution is 2.24. The first-order valence-electron chi connectivity index (χ1n) is 5.06. The van der Waals surface area contributed by atoms with Crippen molar-refractivity contribution < 1.29 is 18.7 Å². The normalized spacial score (nSPS) is 10.3. The van der Waals surface area contributed by atoms with Crippen molar-refractivity contribution >= 4 is 27.6 Å². The lowest BCUT2D eigenvalue weighted by Gasteiger charge is -2.07. The van der Waals surface area contributed by atoms with Gasteiger partial charge >= 0.3 is 5.97 Å². The molecule has 0 fully saturated rings. The third-order valence-corrected chi connectivity index (χ3v) is 3.00. The van der Waals surface area contributed by atoms with Gasteiger partial charge in [-0.3, -0.25) is 0 Å². The molecule has 0 aliphatic heterocycles. The standard InChI is InChI=1S/C12H9BrFNO3/c13-9-5-7(14)1-2-10(9)15-6-11-8(12(16)17)3-4-18-11/h1-5,15H,6H2,(H,16,17). The zero-order valence-corrected chi connectivity index (χ0v) is 10.7. The molecule has 0 amide bonds. The predicted molar refractivity (Wildman–Crippen MR) is 67.1 cm³/mol. The molecular formula is C12H9BrFNO3. The summed E-state index contributed by atoms with van der Waals surface area (Å²) in [6.45, 7) is 0.207. The molecular weight excluding hydrogens is 305 g/mol. The fourth-order valence-electron chi connectivity index (χ4n) is 1.48. The summed E-state index contributed by atoms with van der Waals surface area (Å²) in [5, 5.41) is 11.9. The van der Waals surface area contributed by atoms with Gasteiger partial charge in [0.25, 0.3) is 0 Å². The van der Waals surface area contributed by atoms with Crippen molar-refractivity contribution in [2.24, 2.45) is 0 Å². The Morgan fingerprint density at radius 3 is 2.89 bits per heavy atom. The largest absolute Gasteiger partial charge is 0.478 e. The van der Waals surface area contributed by atoms with Crippen LogP contribution in [0, 0.1) is 5.82 Å². The zero-order chi connectivity index (χ0) is 13.1. The number of anilines is 1. The van der Waals surface area contributed by atoms with Gasteiger partial charge in [-0.05, 0) is 40.2 Å². The van der Waals surface area contributed by atoms with Crippen LogP contribution in [-0.4, -0.2) is 11.1 Å². The van der Waals surface area contributed by atoms with Gasteiger partial charge in [-0.1, -0.05) is 0 Å². The Balaban J connectivity index is 2.11. The molecule has 2 aromatic rings. The summed E-state index contributed by atoms with van der Waals surface area (Å²) >= 11 is 3.21. The van der Waals surface area contributed by atoms with E-state index in [9.17, 15) is 9.18 Å². The highest BCUT2D eigenvalue weighted by atomic mass is 79.9. The summed E-state index contributed by atoms with van der Waals surface area (Å²) in [6, 6.07) is 5.58. The van der Waals surface area contributed by atoms with Crippen molar-refractivity contribution in [3.63, 3.8) is 0 Å². The Bertz CT molecular complexity index is 582. The van der Waals surface area contributed by atoms with Crippen molar-refractivity contribution in [3.8, 4) is 0 Å². The summed E-state index contributed by atoms with van der Waals surface area (Å²) in [7, 11) is 0. The summed E-state index contributed by atoms with van der Waals surface area (Å²) in [4.78, 5) is 10.9. The van der Waals surface area contributed by atoms with E-state index in [0.717, 1.165) is 0 Å². The Labute approximate surface area is 111 Å². The first-order chi connectivity index (χ1) is 8.58. The van der Waals surface area contributed by atoms with Crippen LogP contribution in [0.3, 0.4) is 0 Å². The molecule has 1 aromatic heterocycles. The van der Waals surface area contributed by atoms with Crippen LogP contribution in [-0.2, 0) is 6.54 Å². The van der Waals surface area contributed by atoms with E-state index in [1.807, 2.05) is 0 Å². The number of carboxylic acid groups (broad SMARTS) is 1. The van der Waals surface area contributed by atoms with Crippen LogP contribution >= 0.6 is 15.9 Å². The van der Waals surface area contributed by atoms with Crippen LogP contribution in [0.2, 0.25) is 0 Å². The molecule has 6 heteroatoms. The minimum Gasteiger partial charge on any atom is -0.478 e. The first-order valence-corrected chi connectivity index (χ1v) is 5.86. The summed E-state index contributed by atoms with van der Waals surface area (Å²) in [6.07, 6.45) is 1.32. The lowest BCUT2D eigenvalue weighted by molar-refractivity contribution is 0.0694. The van der Waals surface area contributed by atoms with Gasteiger partial charge in [0.2, 0.25) is 0 Å². The molecule has 0 saturated carbocycles. The van der Waals surface area contributed by atoms with E-state index in [0.29, 0.717) is 15.9 Å². The third kappa shape index (κ3) is 2.70. The van der Waals surface area contributed by atoms with Crippen LogP contribution in [0.25, 0.3) is 0 Å². The molecule has 0 radical (unpaired) electrons. The number of carboxylic acids is 1. The Hall–Kier alpha value is -1.82. The lowest BCUT2D eigenvalue weighted by Crippen LogP contribution is -2.05. The maximum absolute atomic E-state index is 12.9. The molecule has 94 valence electrons. The number of rotatable bonds is 4. The fourth-order valence-corrected chi connectivity index (χ4v) is 1.97. The Kier molecular flexibility index (Phi) is 3.66. The van der Waals surface area contributed by atoms with Crippen molar-refractivity contribution in [1.82, 2.24) is 0 Å². The van der Waals surface area contributed by atoms with Crippen LogP contribution in [0.5, 0.6) is 0 Å². The van der Waals surface area contributed by atoms with Crippen LogP contribution in [0.15, 0.2) is 39.4 Å². The van der Waals surface area contributed by atoms with Crippen molar-refractivity contribution in [2.45, 2.75) is 6.54 Å². The van der Waals surface area contributed by atoms with Gasteiger partial charge in [-0.25, -0.2) is 9.18 Å². The van der Waals surface area contributed by atoms with E-state index in [4.69, 9.17) is 9.52 Å². The molecule has 2 N–H and O–H groups in total. The monoisotopic (exact) mass is 313 g/mol. The van der Waals surface area contributed by atoms with Gasteiger partial charge in [-0.2, -0.15) is 0 Å². The SMILES string of the molecule is O=C(O)c1ccoc1CNc1ccc(F)cc1Br. The van der Waals surface area contributed by atoms with Crippen LogP contribution < -0.4 is 5.32 Å². The maximum Gasteiger partial charge on any atom is 0.339 e. The number of benzene rings is 1. The van der Waals surface area contributed by atoms with Crippen LogP contribution in [0.4, 0.5) is 10.1 Å². The quantitative estimate of drug-likeness (QED) is 0.907. The molecule has 0 atom stereocenters. The molecule has 1 aromatic carbocycles. The van der Waals surface area contributed by atoms with E-state index in [2.05, 4.69) is 21.2 Å². The Morgan fingerprint density at radius 2 is 2.22 bits per heavy atom. The number of aromatic carboxylic acids is 1. The maximum atomic E-state index is 12.9. The number of halogens is 2. The van der Waals surface area contributed by atoms with Crippen molar-refractivity contribution in [1.29, 1.82) is 0 Å². The van der Waals surface area contributed by atoms with Gasteiger partial charge in [-0.15, -0.1) is 0 Å². The lowest BCUT2D eigenvalue weighted by atomic mass is 10.2. The van der Waals surface area contributed by atoms with E-state index in [1.54, 1.807) is 6.07 Å². The molecule has 18 heavy (non-hydrogen) atoms. The van der Waals surface area contributed by atoms with E-state index in [-0.39, 0.29) is 17.9 Å². The summed E-state index contributed by atoms with van der Waals surface area (Å²) < 4.78 is 18.5. The topological polar surface area (TPSA) is 62.5 Å². The Morgan fingerprint density at radius 1 is 1.44 bits per heavy atom. The molecule has 4 nitrogen and oxygen atoms in total. The second kappa shape index (κ2) is 5.22. The van der Waals surface area contributed by atoms with Crippen molar-refractivity contribution in [2.75, 3.05) is 5.32 Å². The molecule has 0 bridgehead atoms. The number of furan rings is 1. The second-order valence-electron chi connectivity index (χ2n) is 3.54. The predicted octanol–water partition coefficient (Wildman–Crippen LogP) is 3.49. The fraction of sp³-hybridized carbons (Fsp3) is 0.0833. The first kappa shape index (κ1) is 12.6. The number of hydrogen-bond donors (Lipinski definition) is 2. The highest BCUT2D eigenvalue weighted by molar-refractivity contribution is 9.10. The van der Waals surface area contributed by atoms with Gasteiger partial charge in [0, 0.05) is 10.2 Å². The number of nitrogens with one attached hydrogen (secondary N) is 1. The van der Waals surface area contributed by atoms with Gasteiger partial charge in [0.1, 0.15) is 17.1 Å². The van der Waals surface area contributed by atoms with Gasteiger partial charge in [0.15, 0.2) is 0 Å². The van der Waals surface area contributed by atoms with Crippen LogP contribution in [0.1, 0.15) is 16.1 Å². The van der Waals surface area contributed by atoms with E-state index in [1.165, 1.54) is 24.5 Å². The van der Waals surface area contributed by atoms with Gasteiger partial charge in [0.05, 0.1) is 12.8 Å². The number of carbonyl (C=O) groups is 1. The zero-order valence-electron chi connectivity index (χ0n) is 9.11. The average Bonchev–Trinajstić information content (AvgIpc) is 2.76.